The van der Waals surface area contributed by atoms with Crippen LogP contribution in [0.2, 0.25) is 5.02 Å². The van der Waals surface area contributed by atoms with Gasteiger partial charge >= 0.3 is 0 Å². The quantitative estimate of drug-likeness (QED) is 0.882. The summed E-state index contributed by atoms with van der Waals surface area (Å²) in [6.07, 6.45) is 0.914. The molecule has 98 valence electrons. The first-order chi connectivity index (χ1) is 8.49. The molecule has 1 unspecified atom stereocenters. The molecular weight excluding hydrogens is 248 g/mol. The Hall–Kier alpha value is -1.06. The van der Waals surface area contributed by atoms with E-state index >= 15 is 0 Å². The van der Waals surface area contributed by atoms with E-state index in [0.717, 1.165) is 25.1 Å². The van der Waals surface area contributed by atoms with Gasteiger partial charge in [0.05, 0.1) is 11.5 Å². The van der Waals surface area contributed by atoms with E-state index in [1.165, 1.54) is 0 Å². The van der Waals surface area contributed by atoms with Crippen molar-refractivity contribution in [1.29, 1.82) is 0 Å². The van der Waals surface area contributed by atoms with E-state index in [1.807, 2.05) is 38.1 Å². The van der Waals surface area contributed by atoms with Crippen LogP contribution in [0.3, 0.4) is 0 Å². The SMILES string of the molecule is CC(C)(NC(=O)C1CCNC1)c1cccc(Cl)c1. The molecule has 0 aliphatic carbocycles. The van der Waals surface area contributed by atoms with E-state index < -0.39 is 5.54 Å². The molecule has 1 aromatic carbocycles. The van der Waals surface area contributed by atoms with Crippen molar-refractivity contribution in [3.05, 3.63) is 34.9 Å². The first-order valence-corrected chi connectivity index (χ1v) is 6.65. The molecule has 4 heteroatoms. The highest BCUT2D eigenvalue weighted by Crippen LogP contribution is 2.24. The van der Waals surface area contributed by atoms with Gasteiger partial charge in [-0.05, 0) is 44.5 Å². The summed E-state index contributed by atoms with van der Waals surface area (Å²) >= 11 is 5.99. The monoisotopic (exact) mass is 266 g/mol. The highest BCUT2D eigenvalue weighted by atomic mass is 35.5. The molecule has 0 bridgehead atoms. The number of amides is 1. The lowest BCUT2D eigenvalue weighted by molar-refractivity contribution is -0.126. The fourth-order valence-electron chi connectivity index (χ4n) is 2.24. The summed E-state index contributed by atoms with van der Waals surface area (Å²) in [5.74, 6) is 0.202. The maximum Gasteiger partial charge on any atom is 0.225 e. The van der Waals surface area contributed by atoms with Crippen LogP contribution in [-0.4, -0.2) is 19.0 Å². The number of halogens is 1. The van der Waals surface area contributed by atoms with Crippen LogP contribution in [0.5, 0.6) is 0 Å². The maximum absolute atomic E-state index is 12.1. The van der Waals surface area contributed by atoms with Crippen LogP contribution in [-0.2, 0) is 10.3 Å². The third kappa shape index (κ3) is 3.03. The molecule has 1 saturated heterocycles. The molecule has 1 fully saturated rings. The fraction of sp³-hybridized carbons (Fsp3) is 0.500. The lowest BCUT2D eigenvalue weighted by Crippen LogP contribution is -2.44. The van der Waals surface area contributed by atoms with Gasteiger partial charge in [-0.3, -0.25) is 4.79 Å². The van der Waals surface area contributed by atoms with Crippen molar-refractivity contribution in [3.8, 4) is 0 Å². The fourth-order valence-corrected chi connectivity index (χ4v) is 2.43. The Balaban J connectivity index is 2.08. The molecule has 1 aliphatic heterocycles. The predicted octanol–water partition coefficient (Wildman–Crippen LogP) is 2.30. The molecule has 18 heavy (non-hydrogen) atoms. The average Bonchev–Trinajstić information content (AvgIpc) is 2.82. The van der Waals surface area contributed by atoms with E-state index in [4.69, 9.17) is 11.6 Å². The largest absolute Gasteiger partial charge is 0.347 e. The molecule has 0 spiro atoms. The second-order valence-corrected chi connectivity index (χ2v) is 5.75. The van der Waals surface area contributed by atoms with Gasteiger partial charge in [0.25, 0.3) is 0 Å². The van der Waals surface area contributed by atoms with Gasteiger partial charge in [-0.1, -0.05) is 23.7 Å². The Morgan fingerprint density at radius 1 is 1.50 bits per heavy atom. The van der Waals surface area contributed by atoms with Gasteiger partial charge in [-0.2, -0.15) is 0 Å². The highest BCUT2D eigenvalue weighted by Gasteiger charge is 2.28. The zero-order chi connectivity index (χ0) is 13.2. The van der Waals surface area contributed by atoms with Crippen LogP contribution >= 0.6 is 11.6 Å². The minimum Gasteiger partial charge on any atom is -0.347 e. The second kappa shape index (κ2) is 5.29. The topological polar surface area (TPSA) is 41.1 Å². The van der Waals surface area contributed by atoms with Crippen molar-refractivity contribution in [2.45, 2.75) is 25.8 Å². The van der Waals surface area contributed by atoms with Crippen LogP contribution in [0.15, 0.2) is 24.3 Å². The number of hydrogen-bond donors (Lipinski definition) is 2. The van der Waals surface area contributed by atoms with Crippen molar-refractivity contribution in [2.24, 2.45) is 5.92 Å². The van der Waals surface area contributed by atoms with Crippen molar-refractivity contribution >= 4 is 17.5 Å². The van der Waals surface area contributed by atoms with Crippen LogP contribution in [0.4, 0.5) is 0 Å². The van der Waals surface area contributed by atoms with E-state index in [9.17, 15) is 4.79 Å². The number of benzene rings is 1. The van der Waals surface area contributed by atoms with Gasteiger partial charge in [0, 0.05) is 11.6 Å². The van der Waals surface area contributed by atoms with Crippen LogP contribution in [0, 0.1) is 5.92 Å². The van der Waals surface area contributed by atoms with E-state index in [0.29, 0.717) is 5.02 Å². The molecule has 2 rings (SSSR count). The van der Waals surface area contributed by atoms with Gasteiger partial charge in [-0.25, -0.2) is 0 Å². The minimum absolute atomic E-state index is 0.0865. The molecular formula is C14H19ClN2O. The summed E-state index contributed by atoms with van der Waals surface area (Å²) < 4.78 is 0. The number of carbonyl (C=O) groups is 1. The molecule has 1 amide bonds. The highest BCUT2D eigenvalue weighted by molar-refractivity contribution is 6.30. The van der Waals surface area contributed by atoms with Gasteiger partial charge in [0.15, 0.2) is 0 Å². The van der Waals surface area contributed by atoms with Crippen molar-refractivity contribution in [2.75, 3.05) is 13.1 Å². The minimum atomic E-state index is -0.398. The van der Waals surface area contributed by atoms with Crippen LogP contribution < -0.4 is 10.6 Å². The van der Waals surface area contributed by atoms with Gasteiger partial charge in [-0.15, -0.1) is 0 Å². The van der Waals surface area contributed by atoms with Crippen molar-refractivity contribution < 1.29 is 4.79 Å². The number of nitrogens with one attached hydrogen (secondary N) is 2. The van der Waals surface area contributed by atoms with Crippen LogP contribution in [0.25, 0.3) is 0 Å². The lowest BCUT2D eigenvalue weighted by atomic mass is 9.93. The predicted molar refractivity (Wildman–Crippen MR) is 73.6 cm³/mol. The van der Waals surface area contributed by atoms with E-state index in [1.54, 1.807) is 0 Å². The first kappa shape index (κ1) is 13.4. The number of rotatable bonds is 3. The smallest absolute Gasteiger partial charge is 0.225 e. The Morgan fingerprint density at radius 3 is 2.89 bits per heavy atom. The average molecular weight is 267 g/mol. The molecule has 2 N–H and O–H groups in total. The summed E-state index contributed by atoms with van der Waals surface area (Å²) in [4.78, 5) is 12.1. The molecule has 1 aromatic rings. The van der Waals surface area contributed by atoms with Crippen LogP contribution in [0.1, 0.15) is 25.8 Å². The molecule has 1 atom stereocenters. The Labute approximate surface area is 113 Å². The molecule has 1 aliphatic rings. The Morgan fingerprint density at radius 2 is 2.28 bits per heavy atom. The lowest BCUT2D eigenvalue weighted by Gasteiger charge is -2.28. The number of hydrogen-bond acceptors (Lipinski definition) is 2. The summed E-state index contributed by atoms with van der Waals surface area (Å²) in [5, 5.41) is 7.00. The third-order valence-corrected chi connectivity index (χ3v) is 3.65. The molecule has 0 aromatic heterocycles. The summed E-state index contributed by atoms with van der Waals surface area (Å²) in [5.41, 5.74) is 0.624. The van der Waals surface area contributed by atoms with Crippen molar-refractivity contribution in [1.82, 2.24) is 10.6 Å². The summed E-state index contributed by atoms with van der Waals surface area (Å²) in [6.45, 7) is 5.70. The molecule has 1 heterocycles. The Bertz CT molecular complexity index is 439. The summed E-state index contributed by atoms with van der Waals surface area (Å²) in [7, 11) is 0. The number of carbonyl (C=O) groups excluding carboxylic acids is 1. The second-order valence-electron chi connectivity index (χ2n) is 5.31. The van der Waals surface area contributed by atoms with Gasteiger partial charge in [0.2, 0.25) is 5.91 Å². The standard InChI is InChI=1S/C14H19ClN2O/c1-14(2,11-4-3-5-12(15)8-11)17-13(18)10-6-7-16-9-10/h3-5,8,10,16H,6-7,9H2,1-2H3,(H,17,18). The third-order valence-electron chi connectivity index (χ3n) is 3.41. The van der Waals surface area contributed by atoms with Crippen molar-refractivity contribution in [3.63, 3.8) is 0 Å². The van der Waals surface area contributed by atoms with E-state index in [-0.39, 0.29) is 11.8 Å². The summed E-state index contributed by atoms with van der Waals surface area (Å²) in [6, 6.07) is 7.63. The normalized spacial score (nSPS) is 19.8. The van der Waals surface area contributed by atoms with E-state index in [2.05, 4.69) is 10.6 Å². The molecule has 3 nitrogen and oxygen atoms in total. The molecule has 0 radical (unpaired) electrons. The van der Waals surface area contributed by atoms with Gasteiger partial charge in [0.1, 0.15) is 0 Å². The van der Waals surface area contributed by atoms with Gasteiger partial charge < -0.3 is 10.6 Å². The maximum atomic E-state index is 12.1. The Kier molecular flexibility index (Phi) is 3.93. The zero-order valence-corrected chi connectivity index (χ0v) is 11.6. The first-order valence-electron chi connectivity index (χ1n) is 6.28. The molecule has 0 saturated carbocycles. The zero-order valence-electron chi connectivity index (χ0n) is 10.8.